The highest BCUT2D eigenvalue weighted by Crippen LogP contribution is 2.20. The standard InChI is InChI=1S/C19H23N3O4S/c1-4-22(5-2)19(24)15-9-11-18(12-10-15)27(25,26)21-17-8-6-7-16(13-17)20-14(3)23/h6-13,21H,4-5H2,1-3H3,(H,20,23). The zero-order chi connectivity index (χ0) is 20.0. The first-order chi connectivity index (χ1) is 12.8. The van der Waals surface area contributed by atoms with Crippen molar-refractivity contribution < 1.29 is 18.0 Å². The van der Waals surface area contributed by atoms with Crippen molar-refractivity contribution in [1.82, 2.24) is 4.90 Å². The first kappa shape index (κ1) is 20.4. The van der Waals surface area contributed by atoms with Crippen LogP contribution in [0.15, 0.2) is 53.4 Å². The lowest BCUT2D eigenvalue weighted by atomic mass is 10.2. The molecular weight excluding hydrogens is 366 g/mol. The zero-order valence-electron chi connectivity index (χ0n) is 15.5. The maximum atomic E-state index is 12.6. The van der Waals surface area contributed by atoms with Gasteiger partial charge in [-0.25, -0.2) is 8.42 Å². The van der Waals surface area contributed by atoms with Crippen LogP contribution in [0.4, 0.5) is 11.4 Å². The van der Waals surface area contributed by atoms with Crippen LogP contribution in [-0.4, -0.2) is 38.2 Å². The lowest BCUT2D eigenvalue weighted by Gasteiger charge is -2.18. The van der Waals surface area contributed by atoms with Crippen molar-refractivity contribution in [2.45, 2.75) is 25.7 Å². The molecule has 0 unspecified atom stereocenters. The number of carbonyl (C=O) groups excluding carboxylic acids is 2. The van der Waals surface area contributed by atoms with E-state index >= 15 is 0 Å². The molecule has 0 radical (unpaired) electrons. The molecule has 0 aliphatic carbocycles. The van der Waals surface area contributed by atoms with E-state index in [-0.39, 0.29) is 16.7 Å². The van der Waals surface area contributed by atoms with Gasteiger partial charge in [-0.1, -0.05) is 6.07 Å². The Morgan fingerprint density at radius 1 is 0.963 bits per heavy atom. The van der Waals surface area contributed by atoms with E-state index in [1.165, 1.54) is 37.3 Å². The van der Waals surface area contributed by atoms with E-state index in [4.69, 9.17) is 0 Å². The SMILES string of the molecule is CCN(CC)C(=O)c1ccc(S(=O)(=O)Nc2cccc(NC(C)=O)c2)cc1. The molecule has 0 aliphatic rings. The van der Waals surface area contributed by atoms with Gasteiger partial charge in [0, 0.05) is 31.3 Å². The highest BCUT2D eigenvalue weighted by Gasteiger charge is 2.17. The van der Waals surface area contributed by atoms with E-state index < -0.39 is 10.0 Å². The number of rotatable bonds is 7. The Kier molecular flexibility index (Phi) is 6.57. The number of anilines is 2. The fourth-order valence-corrected chi connectivity index (χ4v) is 3.60. The first-order valence-electron chi connectivity index (χ1n) is 8.56. The maximum Gasteiger partial charge on any atom is 0.261 e. The predicted molar refractivity (Wildman–Crippen MR) is 105 cm³/mol. The van der Waals surface area contributed by atoms with E-state index in [2.05, 4.69) is 10.0 Å². The molecule has 2 rings (SSSR count). The molecule has 2 aromatic rings. The topological polar surface area (TPSA) is 95.6 Å². The molecule has 0 fully saturated rings. The number of benzene rings is 2. The normalized spacial score (nSPS) is 10.9. The molecule has 2 aromatic carbocycles. The van der Waals surface area contributed by atoms with Crippen LogP contribution in [0.3, 0.4) is 0 Å². The Balaban J connectivity index is 2.20. The molecule has 27 heavy (non-hydrogen) atoms. The number of nitrogens with one attached hydrogen (secondary N) is 2. The molecule has 0 heterocycles. The van der Waals surface area contributed by atoms with Gasteiger partial charge in [-0.15, -0.1) is 0 Å². The minimum Gasteiger partial charge on any atom is -0.339 e. The lowest BCUT2D eigenvalue weighted by molar-refractivity contribution is -0.114. The van der Waals surface area contributed by atoms with E-state index in [0.717, 1.165) is 0 Å². The summed E-state index contributed by atoms with van der Waals surface area (Å²) in [5.74, 6) is -0.386. The molecule has 144 valence electrons. The van der Waals surface area contributed by atoms with Crippen molar-refractivity contribution in [2.24, 2.45) is 0 Å². The molecule has 8 heteroatoms. The van der Waals surface area contributed by atoms with Crippen molar-refractivity contribution in [2.75, 3.05) is 23.1 Å². The Labute approximate surface area is 159 Å². The number of nitrogens with zero attached hydrogens (tertiary/aromatic N) is 1. The zero-order valence-corrected chi connectivity index (χ0v) is 16.3. The van der Waals surface area contributed by atoms with Gasteiger partial charge in [0.1, 0.15) is 0 Å². The molecule has 0 aliphatic heterocycles. The summed E-state index contributed by atoms with van der Waals surface area (Å²) < 4.78 is 27.6. The summed E-state index contributed by atoms with van der Waals surface area (Å²) in [6.45, 7) is 6.32. The van der Waals surface area contributed by atoms with Crippen LogP contribution in [-0.2, 0) is 14.8 Å². The third-order valence-electron chi connectivity index (χ3n) is 3.90. The molecule has 0 saturated heterocycles. The Bertz CT molecular complexity index is 920. The van der Waals surface area contributed by atoms with Crippen molar-refractivity contribution >= 4 is 33.2 Å². The van der Waals surface area contributed by atoms with Gasteiger partial charge in [0.2, 0.25) is 5.91 Å². The van der Waals surface area contributed by atoms with Crippen LogP contribution < -0.4 is 10.0 Å². The van der Waals surface area contributed by atoms with Crippen molar-refractivity contribution in [3.63, 3.8) is 0 Å². The van der Waals surface area contributed by atoms with Gasteiger partial charge < -0.3 is 10.2 Å². The van der Waals surface area contributed by atoms with E-state index in [0.29, 0.717) is 30.0 Å². The van der Waals surface area contributed by atoms with Crippen LogP contribution in [0.1, 0.15) is 31.1 Å². The second-order valence-electron chi connectivity index (χ2n) is 5.87. The smallest absolute Gasteiger partial charge is 0.261 e. The summed E-state index contributed by atoms with van der Waals surface area (Å²) in [6.07, 6.45) is 0. The average molecular weight is 389 g/mol. The van der Waals surface area contributed by atoms with Crippen LogP contribution in [0.25, 0.3) is 0 Å². The van der Waals surface area contributed by atoms with Crippen LogP contribution in [0.5, 0.6) is 0 Å². The molecule has 0 saturated carbocycles. The van der Waals surface area contributed by atoms with Crippen LogP contribution in [0, 0.1) is 0 Å². The predicted octanol–water partition coefficient (Wildman–Crippen LogP) is 2.93. The van der Waals surface area contributed by atoms with Gasteiger partial charge >= 0.3 is 0 Å². The third kappa shape index (κ3) is 5.30. The third-order valence-corrected chi connectivity index (χ3v) is 5.29. The molecule has 2 amide bonds. The molecule has 7 nitrogen and oxygen atoms in total. The first-order valence-corrected chi connectivity index (χ1v) is 10.0. The van der Waals surface area contributed by atoms with Crippen LogP contribution in [0.2, 0.25) is 0 Å². The number of hydrogen-bond donors (Lipinski definition) is 2. The quantitative estimate of drug-likeness (QED) is 0.761. The second-order valence-corrected chi connectivity index (χ2v) is 7.55. The largest absolute Gasteiger partial charge is 0.339 e. The van der Waals surface area contributed by atoms with Gasteiger partial charge in [0.15, 0.2) is 0 Å². The number of amides is 2. The second kappa shape index (κ2) is 8.68. The highest BCUT2D eigenvalue weighted by molar-refractivity contribution is 7.92. The van der Waals surface area contributed by atoms with E-state index in [9.17, 15) is 18.0 Å². The number of carbonyl (C=O) groups is 2. The van der Waals surface area contributed by atoms with Gasteiger partial charge in [-0.2, -0.15) is 0 Å². The average Bonchev–Trinajstić information content (AvgIpc) is 2.62. The minimum absolute atomic E-state index is 0.0449. The van der Waals surface area contributed by atoms with Gasteiger partial charge in [-0.3, -0.25) is 14.3 Å². The van der Waals surface area contributed by atoms with Crippen molar-refractivity contribution in [3.8, 4) is 0 Å². The fourth-order valence-electron chi connectivity index (χ4n) is 2.55. The monoisotopic (exact) mass is 389 g/mol. The minimum atomic E-state index is -3.82. The highest BCUT2D eigenvalue weighted by atomic mass is 32.2. The lowest BCUT2D eigenvalue weighted by Crippen LogP contribution is -2.30. The number of hydrogen-bond acceptors (Lipinski definition) is 4. The summed E-state index contributed by atoms with van der Waals surface area (Å²) in [6, 6.07) is 12.2. The van der Waals surface area contributed by atoms with E-state index in [1.807, 2.05) is 13.8 Å². The Morgan fingerprint density at radius 3 is 2.11 bits per heavy atom. The molecule has 0 aromatic heterocycles. The summed E-state index contributed by atoms with van der Waals surface area (Å²) in [5, 5.41) is 2.60. The molecule has 2 N–H and O–H groups in total. The fraction of sp³-hybridized carbons (Fsp3) is 0.263. The van der Waals surface area contributed by atoms with Gasteiger partial charge in [0.05, 0.1) is 10.6 Å². The molecular formula is C19H23N3O4S. The van der Waals surface area contributed by atoms with E-state index in [1.54, 1.807) is 23.1 Å². The van der Waals surface area contributed by atoms with Crippen molar-refractivity contribution in [1.29, 1.82) is 0 Å². The Morgan fingerprint density at radius 2 is 1.56 bits per heavy atom. The molecule has 0 bridgehead atoms. The summed E-state index contributed by atoms with van der Waals surface area (Å²) in [5.41, 5.74) is 1.25. The van der Waals surface area contributed by atoms with Crippen LogP contribution >= 0.6 is 0 Å². The van der Waals surface area contributed by atoms with Gasteiger partial charge in [0.25, 0.3) is 15.9 Å². The molecule has 0 spiro atoms. The molecule has 0 atom stereocenters. The summed E-state index contributed by atoms with van der Waals surface area (Å²) >= 11 is 0. The maximum absolute atomic E-state index is 12.6. The Hall–Kier alpha value is -2.87. The van der Waals surface area contributed by atoms with Gasteiger partial charge in [-0.05, 0) is 56.3 Å². The van der Waals surface area contributed by atoms with Crippen molar-refractivity contribution in [3.05, 3.63) is 54.1 Å². The summed E-state index contributed by atoms with van der Waals surface area (Å²) in [4.78, 5) is 25.1. The summed E-state index contributed by atoms with van der Waals surface area (Å²) in [7, 11) is -3.82. The number of sulfonamides is 1.